The first kappa shape index (κ1) is 12.9. The van der Waals surface area contributed by atoms with Gasteiger partial charge in [-0.1, -0.05) is 29.4 Å². The molecule has 1 aromatic rings. The third-order valence-corrected chi connectivity index (χ3v) is 3.14. The fourth-order valence-electron chi connectivity index (χ4n) is 2.13. The third-order valence-electron chi connectivity index (χ3n) is 3.14. The number of hydrogen-bond acceptors (Lipinski definition) is 4. The molecule has 0 spiro atoms. The van der Waals surface area contributed by atoms with E-state index in [4.69, 9.17) is 15.7 Å². The topological polar surface area (TPSA) is 79.9 Å². The Morgan fingerprint density at radius 1 is 1.50 bits per heavy atom. The van der Waals surface area contributed by atoms with Gasteiger partial charge in [-0.05, 0) is 18.4 Å². The van der Waals surface area contributed by atoms with Crippen molar-refractivity contribution in [3.8, 4) is 0 Å². The van der Waals surface area contributed by atoms with Gasteiger partial charge in [0.25, 0.3) is 0 Å². The largest absolute Gasteiger partial charge is 0.409 e. The molecule has 1 aromatic carbocycles. The van der Waals surface area contributed by atoms with E-state index >= 15 is 0 Å². The summed E-state index contributed by atoms with van der Waals surface area (Å²) in [6.45, 7) is 2.31. The average molecular weight is 249 g/mol. The molecule has 5 nitrogen and oxygen atoms in total. The van der Waals surface area contributed by atoms with E-state index in [-0.39, 0.29) is 5.84 Å². The van der Waals surface area contributed by atoms with Crippen LogP contribution < -0.4 is 11.1 Å². The van der Waals surface area contributed by atoms with Gasteiger partial charge in [0.05, 0.1) is 6.61 Å². The molecular weight excluding hydrogens is 230 g/mol. The fraction of sp³-hybridized carbons (Fsp3) is 0.462. The van der Waals surface area contributed by atoms with Crippen molar-refractivity contribution >= 4 is 5.84 Å². The predicted octanol–water partition coefficient (Wildman–Crippen LogP) is 1.05. The van der Waals surface area contributed by atoms with Crippen molar-refractivity contribution in [2.75, 3.05) is 13.2 Å². The second-order valence-electron chi connectivity index (χ2n) is 4.44. The van der Waals surface area contributed by atoms with Crippen molar-refractivity contribution in [2.45, 2.75) is 25.4 Å². The maximum Gasteiger partial charge on any atom is 0.170 e. The van der Waals surface area contributed by atoms with E-state index in [1.54, 1.807) is 0 Å². The van der Waals surface area contributed by atoms with Crippen LogP contribution in [0.15, 0.2) is 29.4 Å². The summed E-state index contributed by atoms with van der Waals surface area (Å²) in [5.41, 5.74) is 7.45. The van der Waals surface area contributed by atoms with E-state index in [2.05, 4.69) is 10.5 Å². The summed E-state index contributed by atoms with van der Waals surface area (Å²) in [6, 6.07) is 8.04. The van der Waals surface area contributed by atoms with Gasteiger partial charge in [0.1, 0.15) is 0 Å². The minimum absolute atomic E-state index is 0.146. The summed E-state index contributed by atoms with van der Waals surface area (Å²) in [5, 5.41) is 15.2. The Bertz CT molecular complexity index is 414. The van der Waals surface area contributed by atoms with E-state index < -0.39 is 0 Å². The number of benzene rings is 1. The molecule has 1 aliphatic heterocycles. The molecule has 1 unspecified atom stereocenters. The summed E-state index contributed by atoms with van der Waals surface area (Å²) in [7, 11) is 0. The van der Waals surface area contributed by atoms with Crippen LogP contribution in [0.3, 0.4) is 0 Å². The van der Waals surface area contributed by atoms with E-state index in [0.717, 1.165) is 37.2 Å². The zero-order chi connectivity index (χ0) is 12.8. The molecular formula is C13H19N3O2. The number of nitrogens with two attached hydrogens (primary N) is 1. The molecule has 0 bridgehead atoms. The lowest BCUT2D eigenvalue weighted by Gasteiger charge is -2.23. The van der Waals surface area contributed by atoms with Gasteiger partial charge >= 0.3 is 0 Å². The molecule has 0 saturated carbocycles. The van der Waals surface area contributed by atoms with Crippen LogP contribution in [0.4, 0.5) is 0 Å². The second-order valence-corrected chi connectivity index (χ2v) is 4.44. The number of amidine groups is 1. The van der Waals surface area contributed by atoms with Gasteiger partial charge in [-0.2, -0.15) is 0 Å². The Hall–Kier alpha value is -1.59. The Labute approximate surface area is 107 Å². The van der Waals surface area contributed by atoms with Crippen LogP contribution in [0, 0.1) is 0 Å². The third kappa shape index (κ3) is 3.21. The van der Waals surface area contributed by atoms with E-state index in [1.165, 1.54) is 0 Å². The highest BCUT2D eigenvalue weighted by atomic mass is 16.5. The maximum absolute atomic E-state index is 8.75. The lowest BCUT2D eigenvalue weighted by atomic mass is 10.1. The van der Waals surface area contributed by atoms with Gasteiger partial charge in [0, 0.05) is 24.8 Å². The van der Waals surface area contributed by atoms with E-state index in [9.17, 15) is 0 Å². The highest BCUT2D eigenvalue weighted by molar-refractivity contribution is 5.98. The van der Waals surface area contributed by atoms with Crippen molar-refractivity contribution in [1.29, 1.82) is 0 Å². The van der Waals surface area contributed by atoms with Crippen LogP contribution in [0.25, 0.3) is 0 Å². The molecule has 1 atom stereocenters. The smallest absolute Gasteiger partial charge is 0.170 e. The lowest BCUT2D eigenvalue weighted by molar-refractivity contribution is 0.0699. The van der Waals surface area contributed by atoms with Crippen LogP contribution in [-0.4, -0.2) is 30.3 Å². The fourth-order valence-corrected chi connectivity index (χ4v) is 2.13. The molecule has 1 fully saturated rings. The Morgan fingerprint density at radius 3 is 3.06 bits per heavy atom. The first-order chi connectivity index (χ1) is 8.81. The van der Waals surface area contributed by atoms with E-state index in [0.29, 0.717) is 12.6 Å². The van der Waals surface area contributed by atoms with Crippen LogP contribution >= 0.6 is 0 Å². The summed E-state index contributed by atoms with van der Waals surface area (Å²) < 4.78 is 5.42. The minimum atomic E-state index is 0.146. The van der Waals surface area contributed by atoms with Gasteiger partial charge in [0.2, 0.25) is 0 Å². The van der Waals surface area contributed by atoms with Crippen molar-refractivity contribution in [3.63, 3.8) is 0 Å². The van der Waals surface area contributed by atoms with Gasteiger partial charge in [-0.25, -0.2) is 0 Å². The molecule has 0 aliphatic carbocycles. The van der Waals surface area contributed by atoms with Gasteiger partial charge in [-0.3, -0.25) is 0 Å². The molecule has 2 rings (SSSR count). The summed E-state index contributed by atoms with van der Waals surface area (Å²) in [5.74, 6) is 0.146. The number of oxime groups is 1. The molecule has 0 amide bonds. The highest BCUT2D eigenvalue weighted by Crippen LogP contribution is 2.11. The van der Waals surface area contributed by atoms with Crippen molar-refractivity contribution in [3.05, 3.63) is 35.4 Å². The number of ether oxygens (including phenoxy) is 1. The first-order valence-corrected chi connectivity index (χ1v) is 6.18. The Balaban J connectivity index is 2.00. The lowest BCUT2D eigenvalue weighted by Crippen LogP contribution is -2.36. The highest BCUT2D eigenvalue weighted by Gasteiger charge is 2.14. The van der Waals surface area contributed by atoms with Crippen LogP contribution in [0.5, 0.6) is 0 Å². The number of nitrogens with zero attached hydrogens (tertiary/aromatic N) is 1. The monoisotopic (exact) mass is 249 g/mol. The summed E-state index contributed by atoms with van der Waals surface area (Å²) in [6.07, 6.45) is 2.23. The average Bonchev–Trinajstić information content (AvgIpc) is 2.45. The standard InChI is InChI=1S/C13H19N3O2/c14-13(16-17)12-6-2-1-4-10(12)8-15-11-5-3-7-18-9-11/h1-2,4,6,11,15,17H,3,5,7-9H2,(H2,14,16). The van der Waals surface area contributed by atoms with Crippen molar-refractivity contribution in [2.24, 2.45) is 10.9 Å². The number of rotatable bonds is 4. The summed E-state index contributed by atoms with van der Waals surface area (Å²) >= 11 is 0. The van der Waals surface area contributed by atoms with Crippen LogP contribution in [0.2, 0.25) is 0 Å². The minimum Gasteiger partial charge on any atom is -0.409 e. The molecule has 0 radical (unpaired) electrons. The molecule has 1 saturated heterocycles. The van der Waals surface area contributed by atoms with Crippen molar-refractivity contribution < 1.29 is 9.94 Å². The normalized spacial score (nSPS) is 20.9. The first-order valence-electron chi connectivity index (χ1n) is 6.18. The van der Waals surface area contributed by atoms with E-state index in [1.807, 2.05) is 24.3 Å². The molecule has 0 aromatic heterocycles. The predicted molar refractivity (Wildman–Crippen MR) is 69.6 cm³/mol. The molecule has 4 N–H and O–H groups in total. The van der Waals surface area contributed by atoms with Gasteiger partial charge in [-0.15, -0.1) is 0 Å². The van der Waals surface area contributed by atoms with Gasteiger partial charge < -0.3 is 21.0 Å². The quantitative estimate of drug-likeness (QED) is 0.322. The Kier molecular flexibility index (Phi) is 4.55. The maximum atomic E-state index is 8.75. The van der Waals surface area contributed by atoms with Crippen LogP contribution in [-0.2, 0) is 11.3 Å². The molecule has 18 heavy (non-hydrogen) atoms. The zero-order valence-electron chi connectivity index (χ0n) is 10.3. The number of nitrogens with one attached hydrogen (secondary N) is 1. The molecule has 1 heterocycles. The van der Waals surface area contributed by atoms with Crippen LogP contribution in [0.1, 0.15) is 24.0 Å². The van der Waals surface area contributed by atoms with Gasteiger partial charge in [0.15, 0.2) is 5.84 Å². The summed E-state index contributed by atoms with van der Waals surface area (Å²) in [4.78, 5) is 0. The molecule has 1 aliphatic rings. The molecule has 5 heteroatoms. The Morgan fingerprint density at radius 2 is 2.33 bits per heavy atom. The number of hydrogen-bond donors (Lipinski definition) is 3. The second kappa shape index (κ2) is 6.37. The molecule has 98 valence electrons. The SMILES string of the molecule is NC(=NO)c1ccccc1CNC1CCCOC1. The zero-order valence-corrected chi connectivity index (χ0v) is 10.3. The van der Waals surface area contributed by atoms with Crippen molar-refractivity contribution in [1.82, 2.24) is 5.32 Å².